The van der Waals surface area contributed by atoms with E-state index in [0.29, 0.717) is 5.69 Å². The SMILES string of the molecule is Cc1cc(C)cc(N(C)C(=O)Cn2cc(N)cn2)c1. The van der Waals surface area contributed by atoms with Crippen LogP contribution in [0.5, 0.6) is 0 Å². The highest BCUT2D eigenvalue weighted by Crippen LogP contribution is 2.18. The zero-order valence-corrected chi connectivity index (χ0v) is 11.4. The zero-order chi connectivity index (χ0) is 14.0. The number of anilines is 2. The molecule has 1 aromatic heterocycles. The van der Waals surface area contributed by atoms with Crippen LogP contribution in [0.1, 0.15) is 11.1 Å². The van der Waals surface area contributed by atoms with Crippen molar-refractivity contribution in [3.8, 4) is 0 Å². The summed E-state index contributed by atoms with van der Waals surface area (Å²) in [5.41, 5.74) is 9.30. The lowest BCUT2D eigenvalue weighted by Crippen LogP contribution is -2.30. The smallest absolute Gasteiger partial charge is 0.248 e. The van der Waals surface area contributed by atoms with E-state index in [1.807, 2.05) is 26.0 Å². The first kappa shape index (κ1) is 13.1. The number of amides is 1. The van der Waals surface area contributed by atoms with Crippen LogP contribution in [0, 0.1) is 13.8 Å². The minimum absolute atomic E-state index is 0.0342. The Labute approximate surface area is 112 Å². The summed E-state index contributed by atoms with van der Waals surface area (Å²) < 4.78 is 1.54. The van der Waals surface area contributed by atoms with Gasteiger partial charge < -0.3 is 10.6 Å². The van der Waals surface area contributed by atoms with E-state index in [-0.39, 0.29) is 12.5 Å². The highest BCUT2D eigenvalue weighted by atomic mass is 16.2. The van der Waals surface area contributed by atoms with Gasteiger partial charge in [0.1, 0.15) is 6.54 Å². The molecule has 0 bridgehead atoms. The van der Waals surface area contributed by atoms with Gasteiger partial charge in [0.15, 0.2) is 0 Å². The minimum Gasteiger partial charge on any atom is -0.396 e. The molecule has 0 aliphatic heterocycles. The van der Waals surface area contributed by atoms with Gasteiger partial charge in [-0.15, -0.1) is 0 Å². The van der Waals surface area contributed by atoms with Crippen LogP contribution >= 0.6 is 0 Å². The Kier molecular flexibility index (Phi) is 3.55. The van der Waals surface area contributed by atoms with Crippen LogP contribution in [-0.4, -0.2) is 22.7 Å². The third-order valence-corrected chi connectivity index (χ3v) is 2.92. The molecule has 0 spiro atoms. The van der Waals surface area contributed by atoms with Gasteiger partial charge in [-0.1, -0.05) is 6.07 Å². The van der Waals surface area contributed by atoms with E-state index in [9.17, 15) is 4.79 Å². The van der Waals surface area contributed by atoms with E-state index in [0.717, 1.165) is 16.8 Å². The lowest BCUT2D eigenvalue weighted by molar-refractivity contribution is -0.119. The molecule has 2 rings (SSSR count). The molecule has 0 saturated heterocycles. The number of hydrogen-bond acceptors (Lipinski definition) is 3. The van der Waals surface area contributed by atoms with Crippen molar-refractivity contribution >= 4 is 17.3 Å². The molecule has 0 aliphatic rings. The number of hydrogen-bond donors (Lipinski definition) is 1. The number of nitrogens with zero attached hydrogens (tertiary/aromatic N) is 3. The maximum Gasteiger partial charge on any atom is 0.248 e. The second-order valence-corrected chi connectivity index (χ2v) is 4.77. The Morgan fingerprint density at radius 3 is 2.47 bits per heavy atom. The van der Waals surface area contributed by atoms with E-state index in [1.54, 1.807) is 18.1 Å². The molecule has 1 aromatic carbocycles. The summed E-state index contributed by atoms with van der Waals surface area (Å²) in [4.78, 5) is 13.8. The fourth-order valence-corrected chi connectivity index (χ4v) is 2.00. The van der Waals surface area contributed by atoms with Crippen molar-refractivity contribution in [2.45, 2.75) is 20.4 Å². The highest BCUT2D eigenvalue weighted by molar-refractivity contribution is 5.92. The van der Waals surface area contributed by atoms with Gasteiger partial charge >= 0.3 is 0 Å². The number of benzene rings is 1. The lowest BCUT2D eigenvalue weighted by Gasteiger charge is -2.18. The molecule has 19 heavy (non-hydrogen) atoms. The normalized spacial score (nSPS) is 10.5. The number of likely N-dealkylation sites (N-methyl/N-ethyl adjacent to an activating group) is 1. The van der Waals surface area contributed by atoms with Crippen LogP contribution in [0.15, 0.2) is 30.6 Å². The third kappa shape index (κ3) is 3.13. The van der Waals surface area contributed by atoms with Crippen LogP contribution in [0.2, 0.25) is 0 Å². The summed E-state index contributed by atoms with van der Waals surface area (Å²) >= 11 is 0. The largest absolute Gasteiger partial charge is 0.396 e. The summed E-state index contributed by atoms with van der Waals surface area (Å²) in [7, 11) is 1.77. The standard InChI is InChI=1S/C14H18N4O/c1-10-4-11(2)6-13(5-10)17(3)14(19)9-18-8-12(15)7-16-18/h4-8H,9,15H2,1-3H3. The molecule has 0 unspecified atom stereocenters. The lowest BCUT2D eigenvalue weighted by atomic mass is 10.1. The summed E-state index contributed by atoms with van der Waals surface area (Å²) in [6.07, 6.45) is 3.18. The van der Waals surface area contributed by atoms with E-state index in [1.165, 1.54) is 10.9 Å². The Balaban J connectivity index is 2.14. The quantitative estimate of drug-likeness (QED) is 0.912. The fraction of sp³-hybridized carbons (Fsp3) is 0.286. The molecule has 0 radical (unpaired) electrons. The highest BCUT2D eigenvalue weighted by Gasteiger charge is 2.12. The fourth-order valence-electron chi connectivity index (χ4n) is 2.00. The van der Waals surface area contributed by atoms with E-state index in [2.05, 4.69) is 11.2 Å². The Morgan fingerprint density at radius 2 is 1.95 bits per heavy atom. The Morgan fingerprint density at radius 1 is 1.32 bits per heavy atom. The van der Waals surface area contributed by atoms with Crippen LogP contribution < -0.4 is 10.6 Å². The summed E-state index contributed by atoms with van der Waals surface area (Å²) in [6.45, 7) is 4.22. The number of aromatic nitrogens is 2. The summed E-state index contributed by atoms with van der Waals surface area (Å²) in [5.74, 6) is -0.0342. The van der Waals surface area contributed by atoms with Crippen LogP contribution in [0.25, 0.3) is 0 Å². The zero-order valence-electron chi connectivity index (χ0n) is 11.4. The second kappa shape index (κ2) is 5.14. The summed E-state index contributed by atoms with van der Waals surface area (Å²) in [5, 5.41) is 4.01. The predicted molar refractivity (Wildman–Crippen MR) is 76.0 cm³/mol. The van der Waals surface area contributed by atoms with Gasteiger partial charge in [-0.3, -0.25) is 9.48 Å². The molecular formula is C14H18N4O. The maximum absolute atomic E-state index is 12.2. The first-order chi connectivity index (χ1) is 8.95. The summed E-state index contributed by atoms with van der Waals surface area (Å²) in [6, 6.07) is 6.06. The van der Waals surface area contributed by atoms with Crippen molar-refractivity contribution in [2.24, 2.45) is 0 Å². The number of nitrogen functional groups attached to an aromatic ring is 1. The molecule has 2 N–H and O–H groups in total. The predicted octanol–water partition coefficient (Wildman–Crippen LogP) is 1.75. The number of carbonyl (C=O) groups is 1. The Hall–Kier alpha value is -2.30. The molecule has 100 valence electrons. The van der Waals surface area contributed by atoms with Crippen LogP contribution in [0.3, 0.4) is 0 Å². The number of carbonyl (C=O) groups excluding carboxylic acids is 1. The topological polar surface area (TPSA) is 64.2 Å². The van der Waals surface area contributed by atoms with Gasteiger partial charge in [0.2, 0.25) is 5.91 Å². The van der Waals surface area contributed by atoms with Crippen molar-refractivity contribution in [1.29, 1.82) is 0 Å². The van der Waals surface area contributed by atoms with E-state index < -0.39 is 0 Å². The molecule has 2 aromatic rings. The first-order valence-electron chi connectivity index (χ1n) is 6.08. The molecule has 1 heterocycles. The average Bonchev–Trinajstić information content (AvgIpc) is 2.72. The molecule has 0 saturated carbocycles. The monoisotopic (exact) mass is 258 g/mol. The molecule has 0 atom stereocenters. The second-order valence-electron chi connectivity index (χ2n) is 4.77. The molecule has 1 amide bonds. The van der Waals surface area contributed by atoms with Crippen molar-refractivity contribution < 1.29 is 4.79 Å². The Bertz CT molecular complexity index is 583. The van der Waals surface area contributed by atoms with Crippen molar-refractivity contribution in [2.75, 3.05) is 17.7 Å². The van der Waals surface area contributed by atoms with E-state index in [4.69, 9.17) is 5.73 Å². The van der Waals surface area contributed by atoms with Crippen molar-refractivity contribution in [1.82, 2.24) is 9.78 Å². The minimum atomic E-state index is -0.0342. The van der Waals surface area contributed by atoms with E-state index >= 15 is 0 Å². The molecule has 5 heteroatoms. The molecule has 0 aliphatic carbocycles. The number of nitrogens with two attached hydrogens (primary N) is 1. The van der Waals surface area contributed by atoms with Gasteiger partial charge in [-0.25, -0.2) is 0 Å². The van der Waals surface area contributed by atoms with Crippen LogP contribution in [-0.2, 0) is 11.3 Å². The maximum atomic E-state index is 12.2. The first-order valence-corrected chi connectivity index (χ1v) is 6.08. The van der Waals surface area contributed by atoms with Gasteiger partial charge in [-0.05, 0) is 37.1 Å². The average molecular weight is 258 g/mol. The third-order valence-electron chi connectivity index (χ3n) is 2.92. The van der Waals surface area contributed by atoms with Gasteiger partial charge in [0.25, 0.3) is 0 Å². The molecule has 0 fully saturated rings. The number of aryl methyl sites for hydroxylation is 2. The molecular weight excluding hydrogens is 240 g/mol. The number of rotatable bonds is 3. The molecule has 5 nitrogen and oxygen atoms in total. The van der Waals surface area contributed by atoms with Gasteiger partial charge in [0, 0.05) is 18.9 Å². The van der Waals surface area contributed by atoms with Crippen LogP contribution in [0.4, 0.5) is 11.4 Å². The van der Waals surface area contributed by atoms with Crippen molar-refractivity contribution in [3.05, 3.63) is 41.7 Å². The van der Waals surface area contributed by atoms with Gasteiger partial charge in [-0.2, -0.15) is 5.10 Å². The van der Waals surface area contributed by atoms with Gasteiger partial charge in [0.05, 0.1) is 11.9 Å². The van der Waals surface area contributed by atoms with Crippen molar-refractivity contribution in [3.63, 3.8) is 0 Å².